The van der Waals surface area contributed by atoms with Crippen LogP contribution in [0, 0.1) is 0 Å². The van der Waals surface area contributed by atoms with Crippen molar-refractivity contribution in [2.24, 2.45) is 20.5 Å². The Morgan fingerprint density at radius 3 is 1.16 bits per heavy atom. The number of carbonyl (C=O) groups is 4. The van der Waals surface area contributed by atoms with Crippen molar-refractivity contribution in [3.63, 3.8) is 0 Å². The van der Waals surface area contributed by atoms with Crippen molar-refractivity contribution in [2.75, 3.05) is 0 Å². The molecule has 0 bridgehead atoms. The Labute approximate surface area is 324 Å². The van der Waals surface area contributed by atoms with Crippen LogP contribution in [0.3, 0.4) is 0 Å². The molecule has 0 heterocycles. The van der Waals surface area contributed by atoms with Gasteiger partial charge in [-0.15, -0.1) is 20.5 Å². The zero-order valence-corrected chi connectivity index (χ0v) is 29.6. The van der Waals surface area contributed by atoms with Gasteiger partial charge in [-0.05, 0) is 35.0 Å². The first kappa shape index (κ1) is 37.8. The maximum Gasteiger partial charge on any atom is 2.00 e. The molecule has 0 aliphatic carbocycles. The number of rotatable bonds is 8. The van der Waals surface area contributed by atoms with Gasteiger partial charge < -0.3 is 40.2 Å². The summed E-state index contributed by atoms with van der Waals surface area (Å²) in [5, 5.41) is 78.8. The van der Waals surface area contributed by atoms with Gasteiger partial charge in [0.2, 0.25) is 0 Å². The number of fused-ring (bicyclic) bond motifs is 2. The summed E-state index contributed by atoms with van der Waals surface area (Å²) in [5.41, 5.74) is -0.999. The van der Waals surface area contributed by atoms with Crippen LogP contribution in [0.1, 0.15) is 41.4 Å². The minimum atomic E-state index is -1.41. The fourth-order valence-corrected chi connectivity index (χ4v) is 4.84. The molecule has 6 aromatic rings. The molecule has 0 amide bonds. The van der Waals surface area contributed by atoms with E-state index in [4.69, 9.17) is 0 Å². The van der Waals surface area contributed by atoms with E-state index in [1.165, 1.54) is 48.5 Å². The smallest absolute Gasteiger partial charge is 0.545 e. The minimum Gasteiger partial charge on any atom is -0.545 e. The largest absolute Gasteiger partial charge is 2.00 e. The summed E-state index contributed by atoms with van der Waals surface area (Å²) in [7, 11) is 0. The molecule has 0 spiro atoms. The molecule has 0 atom stereocenters. The van der Waals surface area contributed by atoms with Crippen LogP contribution in [0.2, 0.25) is 0 Å². The molecule has 15 heteroatoms. The van der Waals surface area contributed by atoms with E-state index in [0.29, 0.717) is 21.5 Å². The van der Waals surface area contributed by atoms with Crippen molar-refractivity contribution in [1.82, 2.24) is 0 Å². The number of phenols is 2. The van der Waals surface area contributed by atoms with Crippen LogP contribution in [-0.4, -0.2) is 89.8 Å². The van der Waals surface area contributed by atoms with Gasteiger partial charge in [0.05, 0.1) is 23.3 Å². The number of hydrogen-bond donors (Lipinski definition) is 4. The first-order chi connectivity index (χ1) is 24.0. The van der Waals surface area contributed by atoms with Crippen LogP contribution in [0.25, 0.3) is 21.5 Å². The number of azo groups is 2. The van der Waals surface area contributed by atoms with Crippen molar-refractivity contribution in [1.29, 1.82) is 0 Å². The van der Waals surface area contributed by atoms with Crippen LogP contribution in [-0.2, 0) is 0 Å². The summed E-state index contributed by atoms with van der Waals surface area (Å²) in [6, 6.07) is 27.8. The summed E-state index contributed by atoms with van der Waals surface area (Å²) in [5.74, 6) is -6.53. The summed E-state index contributed by atoms with van der Waals surface area (Å²) >= 11 is 0. The number of benzene rings is 6. The molecule has 0 aromatic heterocycles. The molecule has 0 fully saturated rings. The Morgan fingerprint density at radius 2 is 0.804 bits per heavy atom. The van der Waals surface area contributed by atoms with Crippen LogP contribution < -0.4 is 10.2 Å². The standard InChI is InChI=1S/2C18H12N2O5.Sr/c2*21-16-13(18(24)25)9-10-5-1-2-6-11(10)15(16)20-19-14-8-4-3-7-12(14)17(22)23;/h2*1-9,21H,(H,22,23)(H,24,25);/q;;+2/p-2. The number of carboxylic acids is 4. The van der Waals surface area contributed by atoms with Crippen LogP contribution in [0.4, 0.5) is 22.7 Å². The zero-order valence-electron chi connectivity index (χ0n) is 26.1. The summed E-state index contributed by atoms with van der Waals surface area (Å²) < 4.78 is 0. The van der Waals surface area contributed by atoms with E-state index >= 15 is 0 Å². The van der Waals surface area contributed by atoms with E-state index in [1.54, 1.807) is 60.7 Å². The van der Waals surface area contributed by atoms with Gasteiger partial charge in [0.25, 0.3) is 0 Å². The van der Waals surface area contributed by atoms with Gasteiger partial charge in [-0.25, -0.2) is 9.59 Å². The Kier molecular flexibility index (Phi) is 12.3. The molecule has 51 heavy (non-hydrogen) atoms. The van der Waals surface area contributed by atoms with Gasteiger partial charge in [-0.1, -0.05) is 84.9 Å². The maximum atomic E-state index is 11.3. The van der Waals surface area contributed by atoms with E-state index in [0.717, 1.165) is 0 Å². The monoisotopic (exact) mass is 758 g/mol. The molecule has 14 nitrogen and oxygen atoms in total. The van der Waals surface area contributed by atoms with E-state index in [1.807, 2.05) is 0 Å². The average molecular weight is 758 g/mol. The third-order valence-corrected chi connectivity index (χ3v) is 7.21. The molecule has 4 N–H and O–H groups in total. The SMILES string of the molecule is O=C([O-])c1ccccc1N=Nc1c(O)c(C(=O)O)cc2ccccc12.O=C([O-])c1ccccc1N=Nc1c(O)c(C(=O)O)cc2ccccc12.[Sr+2]. The summed E-state index contributed by atoms with van der Waals surface area (Å²) in [4.78, 5) is 44.9. The maximum absolute atomic E-state index is 11.3. The van der Waals surface area contributed by atoms with Crippen LogP contribution in [0.5, 0.6) is 11.5 Å². The molecule has 0 radical (unpaired) electrons. The average Bonchev–Trinajstić information content (AvgIpc) is 3.10. The molecule has 0 saturated carbocycles. The molecule has 6 rings (SSSR count). The van der Waals surface area contributed by atoms with Gasteiger partial charge in [-0.3, -0.25) is 0 Å². The van der Waals surface area contributed by atoms with Crippen molar-refractivity contribution in [3.05, 3.63) is 131 Å². The Hall–Kier alpha value is -6.00. The van der Waals surface area contributed by atoms with Crippen molar-refractivity contribution in [3.8, 4) is 11.5 Å². The molecular formula is C36H22N4O10Sr. The second kappa shape index (κ2) is 16.6. The first-order valence-electron chi connectivity index (χ1n) is 14.4. The number of aromatic hydroxyl groups is 2. The van der Waals surface area contributed by atoms with Gasteiger partial charge in [-0.2, -0.15) is 0 Å². The van der Waals surface area contributed by atoms with E-state index in [9.17, 15) is 49.8 Å². The van der Waals surface area contributed by atoms with Crippen LogP contribution >= 0.6 is 0 Å². The van der Waals surface area contributed by atoms with E-state index < -0.39 is 35.4 Å². The van der Waals surface area contributed by atoms with E-state index in [2.05, 4.69) is 20.5 Å². The number of hydrogen-bond acceptors (Lipinski definition) is 12. The molecule has 0 aliphatic rings. The third-order valence-electron chi connectivity index (χ3n) is 7.21. The number of carboxylic acid groups (broad SMARTS) is 4. The van der Waals surface area contributed by atoms with Gasteiger partial charge >= 0.3 is 57.4 Å². The van der Waals surface area contributed by atoms with Crippen molar-refractivity contribution < 1.29 is 49.8 Å². The predicted molar refractivity (Wildman–Crippen MR) is 181 cm³/mol. The summed E-state index contributed by atoms with van der Waals surface area (Å²) in [6.07, 6.45) is 0. The summed E-state index contributed by atoms with van der Waals surface area (Å²) in [6.45, 7) is 0. The first-order valence-corrected chi connectivity index (χ1v) is 14.4. The molecule has 0 aliphatic heterocycles. The molecule has 6 aromatic carbocycles. The molecule has 0 saturated heterocycles. The molecule has 248 valence electrons. The predicted octanol–water partition coefficient (Wildman–Crippen LogP) is 5.66. The van der Waals surface area contributed by atoms with E-state index in [-0.39, 0.29) is 90.5 Å². The Morgan fingerprint density at radius 1 is 0.471 bits per heavy atom. The van der Waals surface area contributed by atoms with Gasteiger partial charge in [0.15, 0.2) is 11.5 Å². The molecular weight excluding hydrogens is 736 g/mol. The van der Waals surface area contributed by atoms with Gasteiger partial charge in [0.1, 0.15) is 22.5 Å². The number of nitrogens with zero attached hydrogens (tertiary/aromatic N) is 4. The fraction of sp³-hybridized carbons (Fsp3) is 0. The fourth-order valence-electron chi connectivity index (χ4n) is 4.84. The minimum absolute atomic E-state index is 0. The normalized spacial score (nSPS) is 10.8. The second-order valence-electron chi connectivity index (χ2n) is 10.3. The van der Waals surface area contributed by atoms with Gasteiger partial charge in [0, 0.05) is 21.9 Å². The van der Waals surface area contributed by atoms with Crippen molar-refractivity contribution >= 4 is 114 Å². The Balaban J connectivity index is 0.000000224. The second-order valence-corrected chi connectivity index (χ2v) is 10.3. The molecule has 0 unspecified atom stereocenters. The third kappa shape index (κ3) is 8.42. The van der Waals surface area contributed by atoms with Crippen LogP contribution in [0.15, 0.2) is 130 Å². The topological polar surface area (TPSA) is 245 Å². The number of carbonyl (C=O) groups excluding carboxylic acids is 2. The quantitative estimate of drug-likeness (QED) is 0.110. The van der Waals surface area contributed by atoms with Crippen molar-refractivity contribution in [2.45, 2.75) is 0 Å². The number of aromatic carboxylic acids is 4. The Bertz CT molecular complexity index is 2230. The zero-order chi connectivity index (χ0) is 35.9.